The van der Waals surface area contributed by atoms with Crippen molar-refractivity contribution in [1.82, 2.24) is 0 Å². The van der Waals surface area contributed by atoms with Crippen molar-refractivity contribution in [3.8, 4) is 0 Å². The minimum atomic E-state index is -0.735. The molecular weight excluding hydrogens is 266 g/mol. The summed E-state index contributed by atoms with van der Waals surface area (Å²) in [5, 5.41) is 0. The molecule has 2 rings (SSSR count). The van der Waals surface area contributed by atoms with Gasteiger partial charge in [0.05, 0.1) is 17.7 Å². The van der Waals surface area contributed by atoms with Gasteiger partial charge in [0.25, 0.3) is 0 Å². The molecule has 2 aliphatic rings. The maximum atomic E-state index is 6.27. The van der Waals surface area contributed by atoms with Crippen molar-refractivity contribution in [3.05, 3.63) is 24.0 Å². The van der Waals surface area contributed by atoms with E-state index in [1.807, 2.05) is 39.8 Å². The highest BCUT2D eigenvalue weighted by Gasteiger charge is 2.49. The van der Waals surface area contributed by atoms with Crippen LogP contribution in [0.5, 0.6) is 0 Å². The predicted molar refractivity (Wildman–Crippen MR) is 84.5 cm³/mol. The van der Waals surface area contributed by atoms with E-state index in [4.69, 9.17) is 19.2 Å². The van der Waals surface area contributed by atoms with E-state index in [2.05, 4.69) is 19.9 Å². The van der Waals surface area contributed by atoms with Crippen molar-refractivity contribution in [1.29, 1.82) is 0 Å². The Morgan fingerprint density at radius 1 is 1.19 bits per heavy atom. The molecule has 0 amide bonds. The zero-order chi connectivity index (χ0) is 15.7. The Morgan fingerprint density at radius 2 is 1.90 bits per heavy atom. The molecule has 1 heterocycles. The van der Waals surface area contributed by atoms with Crippen LogP contribution in [0.15, 0.2) is 29.0 Å². The molecule has 4 nitrogen and oxygen atoms in total. The molecule has 118 valence electrons. The highest BCUT2D eigenvalue weighted by molar-refractivity contribution is 5.90. The Kier molecular flexibility index (Phi) is 4.47. The van der Waals surface area contributed by atoms with Crippen LogP contribution in [-0.2, 0) is 14.2 Å². The SMILES string of the molecule is CC(C)OC1=CC=CCC1(OC(C)C)C1=NC(C)(C)CO1. The van der Waals surface area contributed by atoms with Gasteiger partial charge in [-0.05, 0) is 47.6 Å². The van der Waals surface area contributed by atoms with Gasteiger partial charge in [0.2, 0.25) is 11.5 Å². The number of rotatable bonds is 5. The van der Waals surface area contributed by atoms with Gasteiger partial charge < -0.3 is 14.2 Å². The summed E-state index contributed by atoms with van der Waals surface area (Å²) in [5.41, 5.74) is -0.951. The van der Waals surface area contributed by atoms with Crippen LogP contribution >= 0.6 is 0 Å². The number of aliphatic imine (C=N–C) groups is 1. The monoisotopic (exact) mass is 293 g/mol. The molecule has 0 radical (unpaired) electrons. The van der Waals surface area contributed by atoms with E-state index >= 15 is 0 Å². The number of allylic oxidation sites excluding steroid dienone is 2. The van der Waals surface area contributed by atoms with Crippen LogP contribution in [0.2, 0.25) is 0 Å². The Morgan fingerprint density at radius 3 is 2.43 bits per heavy atom. The van der Waals surface area contributed by atoms with Crippen molar-refractivity contribution in [2.24, 2.45) is 4.99 Å². The molecule has 1 unspecified atom stereocenters. The summed E-state index contributed by atoms with van der Waals surface area (Å²) >= 11 is 0. The van der Waals surface area contributed by atoms with Gasteiger partial charge >= 0.3 is 0 Å². The fourth-order valence-corrected chi connectivity index (χ4v) is 2.56. The summed E-state index contributed by atoms with van der Waals surface area (Å²) in [5.74, 6) is 1.42. The number of hydrogen-bond acceptors (Lipinski definition) is 4. The van der Waals surface area contributed by atoms with Gasteiger partial charge in [-0.25, -0.2) is 4.99 Å². The van der Waals surface area contributed by atoms with Gasteiger partial charge in [-0.3, -0.25) is 0 Å². The molecule has 0 aromatic heterocycles. The third kappa shape index (κ3) is 3.49. The molecular formula is C17H27NO3. The van der Waals surface area contributed by atoms with Crippen LogP contribution < -0.4 is 0 Å². The van der Waals surface area contributed by atoms with E-state index in [9.17, 15) is 0 Å². The minimum Gasteiger partial charge on any atom is -0.492 e. The molecule has 1 aliphatic carbocycles. The van der Waals surface area contributed by atoms with Crippen LogP contribution in [0.25, 0.3) is 0 Å². The summed E-state index contributed by atoms with van der Waals surface area (Å²) in [6, 6.07) is 0. The number of hydrogen-bond donors (Lipinski definition) is 0. The molecule has 0 aromatic carbocycles. The van der Waals surface area contributed by atoms with Gasteiger partial charge in [-0.1, -0.05) is 12.2 Å². The first-order valence-corrected chi connectivity index (χ1v) is 7.70. The van der Waals surface area contributed by atoms with Gasteiger partial charge in [0, 0.05) is 6.42 Å². The quantitative estimate of drug-likeness (QED) is 0.777. The molecule has 0 saturated heterocycles. The van der Waals surface area contributed by atoms with Crippen LogP contribution in [0.1, 0.15) is 48.0 Å². The van der Waals surface area contributed by atoms with E-state index in [1.54, 1.807) is 0 Å². The zero-order valence-electron chi connectivity index (χ0n) is 14.0. The zero-order valence-corrected chi connectivity index (χ0v) is 14.0. The third-order valence-electron chi connectivity index (χ3n) is 3.30. The van der Waals surface area contributed by atoms with Crippen LogP contribution in [0, 0.1) is 0 Å². The van der Waals surface area contributed by atoms with Crippen LogP contribution in [0.4, 0.5) is 0 Å². The average Bonchev–Trinajstić information content (AvgIpc) is 2.71. The van der Waals surface area contributed by atoms with E-state index in [1.165, 1.54) is 0 Å². The van der Waals surface area contributed by atoms with Gasteiger partial charge in [-0.15, -0.1) is 0 Å². The first-order valence-electron chi connectivity index (χ1n) is 7.70. The molecule has 0 spiro atoms. The molecule has 0 bridgehead atoms. The second-order valence-electron chi connectivity index (χ2n) is 6.84. The topological polar surface area (TPSA) is 40.0 Å². The molecule has 1 aliphatic heterocycles. The third-order valence-corrected chi connectivity index (χ3v) is 3.30. The highest BCUT2D eigenvalue weighted by atomic mass is 16.6. The van der Waals surface area contributed by atoms with Crippen LogP contribution in [0.3, 0.4) is 0 Å². The lowest BCUT2D eigenvalue weighted by Crippen LogP contribution is -2.47. The molecule has 0 fully saturated rings. The first-order chi connectivity index (χ1) is 9.75. The maximum absolute atomic E-state index is 6.27. The van der Waals surface area contributed by atoms with E-state index in [0.717, 1.165) is 5.76 Å². The summed E-state index contributed by atoms with van der Waals surface area (Å²) in [4.78, 5) is 4.74. The van der Waals surface area contributed by atoms with Crippen LogP contribution in [-0.4, -0.2) is 35.9 Å². The summed E-state index contributed by atoms with van der Waals surface area (Å²) in [6.07, 6.45) is 6.84. The second-order valence-corrected chi connectivity index (χ2v) is 6.84. The smallest absolute Gasteiger partial charge is 0.225 e. The summed E-state index contributed by atoms with van der Waals surface area (Å²) < 4.78 is 18.2. The Labute approximate surface area is 127 Å². The predicted octanol–water partition coefficient (Wildman–Crippen LogP) is 3.63. The van der Waals surface area contributed by atoms with Gasteiger partial charge in [-0.2, -0.15) is 0 Å². The van der Waals surface area contributed by atoms with Gasteiger partial charge in [0.15, 0.2) is 0 Å². The highest BCUT2D eigenvalue weighted by Crippen LogP contribution is 2.37. The Bertz CT molecular complexity index is 474. The lowest BCUT2D eigenvalue weighted by Gasteiger charge is -2.37. The molecule has 21 heavy (non-hydrogen) atoms. The molecule has 0 saturated carbocycles. The Balaban J connectivity index is 2.42. The van der Waals surface area contributed by atoms with Crippen molar-refractivity contribution in [3.63, 3.8) is 0 Å². The van der Waals surface area contributed by atoms with Crippen molar-refractivity contribution < 1.29 is 14.2 Å². The number of ether oxygens (including phenoxy) is 3. The lowest BCUT2D eigenvalue weighted by molar-refractivity contribution is -0.0611. The van der Waals surface area contributed by atoms with Crippen molar-refractivity contribution in [2.75, 3.05) is 6.61 Å². The van der Waals surface area contributed by atoms with E-state index in [-0.39, 0.29) is 17.7 Å². The lowest BCUT2D eigenvalue weighted by atomic mass is 9.91. The van der Waals surface area contributed by atoms with Crippen molar-refractivity contribution >= 4 is 5.90 Å². The van der Waals surface area contributed by atoms with Crippen molar-refractivity contribution in [2.45, 2.75) is 71.3 Å². The van der Waals surface area contributed by atoms with Gasteiger partial charge in [0.1, 0.15) is 12.4 Å². The molecule has 1 atom stereocenters. The summed E-state index contributed by atoms with van der Waals surface area (Å²) in [7, 11) is 0. The normalized spacial score (nSPS) is 27.6. The minimum absolute atomic E-state index is 0.0469. The standard InChI is InChI=1S/C17H27NO3/c1-12(2)20-14-9-7-8-10-17(14,21-13(3)4)15-18-16(5,6)11-19-15/h7-9,12-13H,10-11H2,1-6H3. The Hall–Kier alpha value is -1.29. The second kappa shape index (κ2) is 5.84. The number of nitrogens with zero attached hydrogens (tertiary/aromatic N) is 1. The first kappa shape index (κ1) is 16.1. The van der Waals surface area contributed by atoms with E-state index < -0.39 is 5.60 Å². The molecule has 0 aromatic rings. The van der Waals surface area contributed by atoms with E-state index in [0.29, 0.717) is 18.9 Å². The fourth-order valence-electron chi connectivity index (χ4n) is 2.56. The largest absolute Gasteiger partial charge is 0.492 e. The molecule has 4 heteroatoms. The molecule has 0 N–H and O–H groups in total. The average molecular weight is 293 g/mol. The summed E-state index contributed by atoms with van der Waals surface area (Å²) in [6.45, 7) is 12.8. The fraction of sp³-hybridized carbons (Fsp3) is 0.706. The maximum Gasteiger partial charge on any atom is 0.225 e.